The fourth-order valence-electron chi connectivity index (χ4n) is 1.56. The molecular weight excluding hydrogens is 275 g/mol. The molecule has 108 valence electrons. The predicted octanol–water partition coefficient (Wildman–Crippen LogP) is 1.45. The summed E-state index contributed by atoms with van der Waals surface area (Å²) >= 11 is 0. The van der Waals surface area contributed by atoms with Crippen LogP contribution < -0.4 is 5.32 Å². The van der Waals surface area contributed by atoms with E-state index < -0.39 is 17.8 Å². The van der Waals surface area contributed by atoms with Gasteiger partial charge in [-0.25, -0.2) is 4.98 Å². The first-order valence-corrected chi connectivity index (χ1v) is 5.83. The quantitative estimate of drug-likeness (QED) is 0.817. The molecule has 0 radical (unpaired) electrons. The van der Waals surface area contributed by atoms with Crippen LogP contribution in [0.25, 0.3) is 0 Å². The monoisotopic (exact) mass is 287 g/mol. The number of nitrogens with zero attached hydrogens (tertiary/aromatic N) is 3. The average molecular weight is 287 g/mol. The molecule has 2 rings (SSSR count). The van der Waals surface area contributed by atoms with E-state index in [9.17, 15) is 18.0 Å². The summed E-state index contributed by atoms with van der Waals surface area (Å²) in [6, 6.07) is 0.686. The molecule has 6 nitrogen and oxygen atoms in total. The molecule has 0 aliphatic rings. The van der Waals surface area contributed by atoms with E-state index in [1.807, 2.05) is 4.57 Å². The summed E-state index contributed by atoms with van der Waals surface area (Å²) in [7, 11) is 0. The van der Waals surface area contributed by atoms with Gasteiger partial charge in [-0.1, -0.05) is 0 Å². The van der Waals surface area contributed by atoms with Gasteiger partial charge in [0, 0.05) is 31.5 Å². The molecule has 0 aliphatic heterocycles. The van der Waals surface area contributed by atoms with Crippen molar-refractivity contribution >= 4 is 5.91 Å². The van der Waals surface area contributed by atoms with Gasteiger partial charge in [-0.2, -0.15) is 18.3 Å². The zero-order chi connectivity index (χ0) is 14.6. The molecular formula is C11H12F3N5O. The molecule has 0 saturated heterocycles. The van der Waals surface area contributed by atoms with E-state index in [1.54, 1.807) is 23.8 Å². The van der Waals surface area contributed by atoms with Crippen molar-refractivity contribution in [3.05, 3.63) is 36.2 Å². The van der Waals surface area contributed by atoms with Crippen molar-refractivity contribution < 1.29 is 18.0 Å². The number of amides is 1. The normalized spacial score (nSPS) is 11.6. The summed E-state index contributed by atoms with van der Waals surface area (Å²) in [5, 5.41) is 7.63. The van der Waals surface area contributed by atoms with Crippen LogP contribution >= 0.6 is 0 Å². The van der Waals surface area contributed by atoms with E-state index in [4.69, 9.17) is 0 Å². The first-order chi connectivity index (χ1) is 9.47. The number of imidazole rings is 1. The lowest BCUT2D eigenvalue weighted by molar-refractivity contribution is -0.141. The zero-order valence-electron chi connectivity index (χ0n) is 10.3. The van der Waals surface area contributed by atoms with E-state index in [1.165, 1.54) is 0 Å². The van der Waals surface area contributed by atoms with E-state index in [0.717, 1.165) is 0 Å². The lowest BCUT2D eigenvalue weighted by Gasteiger charge is -2.03. The van der Waals surface area contributed by atoms with Crippen LogP contribution in [0.4, 0.5) is 13.2 Å². The Morgan fingerprint density at radius 3 is 2.85 bits per heavy atom. The predicted molar refractivity (Wildman–Crippen MR) is 62.8 cm³/mol. The van der Waals surface area contributed by atoms with E-state index in [0.29, 0.717) is 25.6 Å². The number of hydrogen-bond donors (Lipinski definition) is 2. The fraction of sp³-hybridized carbons (Fsp3) is 0.364. The van der Waals surface area contributed by atoms with Gasteiger partial charge in [-0.05, 0) is 6.42 Å². The molecule has 2 heterocycles. The Balaban J connectivity index is 1.78. The molecule has 0 spiro atoms. The standard InChI is InChI=1S/C11H12F3N5O/c12-11(13,14)9-6-8(17-18-9)10(20)16-2-1-4-19-5-3-15-7-19/h3,5-7H,1-2,4H2,(H,16,20)(H,17,18). The van der Waals surface area contributed by atoms with Gasteiger partial charge < -0.3 is 9.88 Å². The minimum Gasteiger partial charge on any atom is -0.351 e. The summed E-state index contributed by atoms with van der Waals surface area (Å²) < 4.78 is 38.8. The molecule has 9 heteroatoms. The first kappa shape index (κ1) is 14.1. The van der Waals surface area contributed by atoms with Crippen molar-refractivity contribution in [2.24, 2.45) is 0 Å². The first-order valence-electron chi connectivity index (χ1n) is 5.83. The smallest absolute Gasteiger partial charge is 0.351 e. The van der Waals surface area contributed by atoms with Crippen LogP contribution in [-0.2, 0) is 12.7 Å². The maximum Gasteiger partial charge on any atom is 0.432 e. The summed E-state index contributed by atoms with van der Waals surface area (Å²) in [5.74, 6) is -0.637. The van der Waals surface area contributed by atoms with Crippen molar-refractivity contribution in [2.45, 2.75) is 19.1 Å². The molecule has 2 aromatic rings. The second-order valence-electron chi connectivity index (χ2n) is 4.07. The van der Waals surface area contributed by atoms with Gasteiger partial charge in [0.15, 0.2) is 5.69 Å². The lowest BCUT2D eigenvalue weighted by Crippen LogP contribution is -2.25. The SMILES string of the molecule is O=C(NCCCn1ccnc1)c1cc(C(F)(F)F)[nH]n1. The molecule has 0 saturated carbocycles. The number of alkyl halides is 3. The Morgan fingerprint density at radius 1 is 1.45 bits per heavy atom. The Labute approximate surface area is 112 Å². The van der Waals surface area contributed by atoms with Crippen molar-refractivity contribution in [3.63, 3.8) is 0 Å². The highest BCUT2D eigenvalue weighted by atomic mass is 19.4. The topological polar surface area (TPSA) is 75.6 Å². The molecule has 0 fully saturated rings. The average Bonchev–Trinajstić information content (AvgIpc) is 3.04. The number of carbonyl (C=O) groups is 1. The Hall–Kier alpha value is -2.32. The molecule has 0 unspecified atom stereocenters. The van der Waals surface area contributed by atoms with Crippen LogP contribution in [0.3, 0.4) is 0 Å². The summed E-state index contributed by atoms with van der Waals surface area (Å²) in [4.78, 5) is 15.4. The molecule has 2 N–H and O–H groups in total. The molecule has 0 atom stereocenters. The zero-order valence-corrected chi connectivity index (χ0v) is 10.3. The Kier molecular flexibility index (Phi) is 4.06. The van der Waals surface area contributed by atoms with Crippen LogP contribution in [0.1, 0.15) is 22.6 Å². The van der Waals surface area contributed by atoms with Crippen molar-refractivity contribution in [2.75, 3.05) is 6.54 Å². The number of aromatic amines is 1. The van der Waals surface area contributed by atoms with Crippen LogP contribution in [0.5, 0.6) is 0 Å². The van der Waals surface area contributed by atoms with Gasteiger partial charge in [-0.15, -0.1) is 0 Å². The van der Waals surface area contributed by atoms with Crippen molar-refractivity contribution in [1.82, 2.24) is 25.1 Å². The van der Waals surface area contributed by atoms with Crippen LogP contribution in [-0.4, -0.2) is 32.2 Å². The number of nitrogens with one attached hydrogen (secondary N) is 2. The molecule has 0 bridgehead atoms. The lowest BCUT2D eigenvalue weighted by atomic mass is 10.3. The number of aryl methyl sites for hydroxylation is 1. The van der Waals surface area contributed by atoms with Gasteiger partial charge in [0.2, 0.25) is 0 Å². The van der Waals surface area contributed by atoms with Crippen molar-refractivity contribution in [3.8, 4) is 0 Å². The third-order valence-corrected chi connectivity index (χ3v) is 2.55. The highest BCUT2D eigenvalue weighted by Gasteiger charge is 2.33. The number of halogens is 3. The second-order valence-corrected chi connectivity index (χ2v) is 4.07. The summed E-state index contributed by atoms with van der Waals surface area (Å²) in [5.41, 5.74) is -1.32. The minimum atomic E-state index is -4.53. The minimum absolute atomic E-state index is 0.278. The second kappa shape index (κ2) is 5.76. The van der Waals surface area contributed by atoms with E-state index in [-0.39, 0.29) is 5.69 Å². The highest BCUT2D eigenvalue weighted by molar-refractivity contribution is 5.92. The van der Waals surface area contributed by atoms with Crippen LogP contribution in [0.15, 0.2) is 24.8 Å². The van der Waals surface area contributed by atoms with Gasteiger partial charge in [-0.3, -0.25) is 9.89 Å². The van der Waals surface area contributed by atoms with Gasteiger partial charge in [0.25, 0.3) is 5.91 Å². The summed E-state index contributed by atoms with van der Waals surface area (Å²) in [6.07, 6.45) is 1.17. The molecule has 1 amide bonds. The van der Waals surface area contributed by atoms with Crippen molar-refractivity contribution in [1.29, 1.82) is 0 Å². The number of hydrogen-bond acceptors (Lipinski definition) is 3. The summed E-state index contributed by atoms with van der Waals surface area (Å²) in [6.45, 7) is 1.000. The maximum absolute atomic E-state index is 12.3. The number of aromatic nitrogens is 4. The number of carbonyl (C=O) groups excluding carboxylic acids is 1. The van der Waals surface area contributed by atoms with Crippen LogP contribution in [0, 0.1) is 0 Å². The molecule has 20 heavy (non-hydrogen) atoms. The Bertz CT molecular complexity index is 561. The fourth-order valence-corrected chi connectivity index (χ4v) is 1.56. The molecule has 0 aromatic carbocycles. The maximum atomic E-state index is 12.3. The molecule has 2 aromatic heterocycles. The highest BCUT2D eigenvalue weighted by Crippen LogP contribution is 2.27. The number of rotatable bonds is 5. The van der Waals surface area contributed by atoms with E-state index >= 15 is 0 Å². The Morgan fingerprint density at radius 2 is 2.25 bits per heavy atom. The van der Waals surface area contributed by atoms with Gasteiger partial charge in [0.05, 0.1) is 6.33 Å². The third kappa shape index (κ3) is 3.59. The number of H-pyrrole nitrogens is 1. The third-order valence-electron chi connectivity index (χ3n) is 2.55. The van der Waals surface area contributed by atoms with Gasteiger partial charge in [0.1, 0.15) is 5.69 Å². The van der Waals surface area contributed by atoms with Crippen LogP contribution in [0.2, 0.25) is 0 Å². The largest absolute Gasteiger partial charge is 0.432 e. The van der Waals surface area contributed by atoms with E-state index in [2.05, 4.69) is 15.4 Å². The molecule has 0 aliphatic carbocycles. The van der Waals surface area contributed by atoms with Gasteiger partial charge >= 0.3 is 6.18 Å².